The summed E-state index contributed by atoms with van der Waals surface area (Å²) < 4.78 is 9.42. The number of nitrogens with two attached hydrogens (primary N) is 1. The number of aliphatic hydroxyl groups is 1. The van der Waals surface area contributed by atoms with Gasteiger partial charge in [-0.25, -0.2) is 0 Å². The third-order valence-corrected chi connectivity index (χ3v) is 4.87. The van der Waals surface area contributed by atoms with Crippen LogP contribution in [-0.4, -0.2) is 27.0 Å². The molecular weight excluding hydrogens is 364 g/mol. The highest BCUT2D eigenvalue weighted by Crippen LogP contribution is 2.16. The lowest BCUT2D eigenvalue weighted by Crippen LogP contribution is -2.31. The van der Waals surface area contributed by atoms with Crippen molar-refractivity contribution < 1.29 is 9.84 Å². The molecule has 0 amide bonds. The Balaban J connectivity index is 1.58. The van der Waals surface area contributed by atoms with Crippen LogP contribution in [0.5, 0.6) is 5.75 Å². The van der Waals surface area contributed by atoms with Crippen LogP contribution in [0.25, 0.3) is 11.0 Å². The van der Waals surface area contributed by atoms with Gasteiger partial charge in [-0.2, -0.15) is 0 Å². The van der Waals surface area contributed by atoms with Crippen molar-refractivity contribution in [1.82, 2.24) is 9.13 Å². The van der Waals surface area contributed by atoms with Crippen LogP contribution >= 0.6 is 0 Å². The van der Waals surface area contributed by atoms with E-state index < -0.39 is 6.10 Å². The number of hydrogen-bond acceptors (Lipinski definition) is 4. The SMILES string of the molecule is N=c1n(Cc2ccc(N)cc2)c2ccccc2n1CC(O)COc1ccccc1. The number of ether oxygens (including phenoxy) is 1. The fraction of sp³-hybridized carbons (Fsp3) is 0.174. The first-order chi connectivity index (χ1) is 14.1. The Morgan fingerprint density at radius 3 is 2.17 bits per heavy atom. The Labute approximate surface area is 168 Å². The fourth-order valence-electron chi connectivity index (χ4n) is 3.42. The average Bonchev–Trinajstić information content (AvgIpc) is 3.00. The van der Waals surface area contributed by atoms with Gasteiger partial charge in [0.05, 0.1) is 24.1 Å². The zero-order valence-electron chi connectivity index (χ0n) is 16.0. The number of nitrogens with one attached hydrogen (secondary N) is 1. The standard InChI is InChI=1S/C23H24N4O2/c24-18-12-10-17(11-13-18)14-26-21-8-4-5-9-22(21)27(23(26)25)15-19(28)16-29-20-6-2-1-3-7-20/h1-13,19,25,28H,14-16,24H2. The maximum Gasteiger partial charge on any atom is 0.203 e. The lowest BCUT2D eigenvalue weighted by molar-refractivity contribution is 0.0921. The van der Waals surface area contributed by atoms with Gasteiger partial charge in [0.2, 0.25) is 5.62 Å². The van der Waals surface area contributed by atoms with E-state index in [1.807, 2.05) is 88.0 Å². The molecule has 0 saturated carbocycles. The van der Waals surface area contributed by atoms with Crippen molar-refractivity contribution in [3.63, 3.8) is 0 Å². The second-order valence-electron chi connectivity index (χ2n) is 7.03. The molecule has 0 aliphatic rings. The summed E-state index contributed by atoms with van der Waals surface area (Å²) >= 11 is 0. The molecule has 0 fully saturated rings. The summed E-state index contributed by atoms with van der Waals surface area (Å²) in [5.74, 6) is 0.716. The molecule has 6 heteroatoms. The highest BCUT2D eigenvalue weighted by atomic mass is 16.5. The van der Waals surface area contributed by atoms with Crippen LogP contribution in [0.15, 0.2) is 78.9 Å². The predicted octanol–water partition coefficient (Wildman–Crippen LogP) is 2.99. The molecule has 4 N–H and O–H groups in total. The van der Waals surface area contributed by atoms with Gasteiger partial charge in [-0.3, -0.25) is 5.41 Å². The molecule has 1 atom stereocenters. The van der Waals surface area contributed by atoms with Crippen LogP contribution in [0.4, 0.5) is 5.69 Å². The lowest BCUT2D eigenvalue weighted by atomic mass is 10.2. The molecule has 1 aromatic heterocycles. The van der Waals surface area contributed by atoms with E-state index in [0.29, 0.717) is 23.6 Å². The Kier molecular flexibility index (Phi) is 5.35. The first-order valence-corrected chi connectivity index (χ1v) is 9.55. The zero-order valence-corrected chi connectivity index (χ0v) is 16.0. The molecule has 29 heavy (non-hydrogen) atoms. The molecule has 6 nitrogen and oxygen atoms in total. The van der Waals surface area contributed by atoms with Gasteiger partial charge in [-0.05, 0) is 42.0 Å². The minimum atomic E-state index is -0.736. The van der Waals surface area contributed by atoms with Crippen molar-refractivity contribution in [2.45, 2.75) is 19.2 Å². The number of benzene rings is 3. The Bertz CT molecular complexity index is 1150. The molecule has 1 heterocycles. The van der Waals surface area contributed by atoms with Crippen LogP contribution in [0.1, 0.15) is 5.56 Å². The molecular formula is C23H24N4O2. The van der Waals surface area contributed by atoms with Gasteiger partial charge >= 0.3 is 0 Å². The Morgan fingerprint density at radius 2 is 1.48 bits per heavy atom. The number of para-hydroxylation sites is 3. The first kappa shape index (κ1) is 18.8. The van der Waals surface area contributed by atoms with E-state index in [0.717, 1.165) is 16.6 Å². The van der Waals surface area contributed by atoms with E-state index in [1.165, 1.54) is 0 Å². The van der Waals surface area contributed by atoms with E-state index in [9.17, 15) is 5.11 Å². The predicted molar refractivity (Wildman–Crippen MR) is 114 cm³/mol. The fourth-order valence-corrected chi connectivity index (χ4v) is 3.42. The molecule has 4 rings (SSSR count). The summed E-state index contributed by atoms with van der Waals surface area (Å²) in [7, 11) is 0. The number of aromatic nitrogens is 2. The molecule has 1 unspecified atom stereocenters. The number of nitrogens with zero attached hydrogens (tertiary/aromatic N) is 2. The third kappa shape index (κ3) is 4.17. The summed E-state index contributed by atoms with van der Waals surface area (Å²) in [6.07, 6.45) is -0.736. The van der Waals surface area contributed by atoms with Crippen LogP contribution < -0.4 is 16.1 Å². The van der Waals surface area contributed by atoms with E-state index in [-0.39, 0.29) is 13.2 Å². The van der Waals surface area contributed by atoms with E-state index >= 15 is 0 Å². The lowest BCUT2D eigenvalue weighted by Gasteiger charge is -2.13. The second-order valence-corrected chi connectivity index (χ2v) is 7.03. The summed E-state index contributed by atoms with van der Waals surface area (Å²) in [5, 5.41) is 19.2. The van der Waals surface area contributed by atoms with Gasteiger partial charge in [0.1, 0.15) is 18.5 Å². The van der Waals surface area contributed by atoms with Gasteiger partial charge in [-0.1, -0.05) is 42.5 Å². The number of hydrogen-bond donors (Lipinski definition) is 3. The smallest absolute Gasteiger partial charge is 0.203 e. The highest BCUT2D eigenvalue weighted by Gasteiger charge is 2.15. The molecule has 0 bridgehead atoms. The summed E-state index contributed by atoms with van der Waals surface area (Å²) in [5.41, 5.74) is 9.76. The number of rotatable bonds is 7. The van der Waals surface area contributed by atoms with E-state index in [2.05, 4.69) is 0 Å². The summed E-state index contributed by atoms with van der Waals surface area (Å²) in [6, 6.07) is 24.9. The second kappa shape index (κ2) is 8.24. The van der Waals surface area contributed by atoms with Crippen molar-refractivity contribution in [1.29, 1.82) is 5.41 Å². The van der Waals surface area contributed by atoms with Crippen molar-refractivity contribution in [3.8, 4) is 5.75 Å². The minimum absolute atomic E-state index is 0.161. The number of nitrogen functional groups attached to an aromatic ring is 1. The van der Waals surface area contributed by atoms with Gasteiger partial charge in [0.15, 0.2) is 0 Å². The highest BCUT2D eigenvalue weighted by molar-refractivity contribution is 5.76. The van der Waals surface area contributed by atoms with Crippen LogP contribution in [0.3, 0.4) is 0 Å². The van der Waals surface area contributed by atoms with Crippen molar-refractivity contribution in [3.05, 3.63) is 90.0 Å². The Morgan fingerprint density at radius 1 is 0.862 bits per heavy atom. The molecule has 148 valence electrons. The van der Waals surface area contributed by atoms with Crippen LogP contribution in [0.2, 0.25) is 0 Å². The molecule has 0 saturated heterocycles. The quantitative estimate of drug-likeness (QED) is 0.425. The largest absolute Gasteiger partial charge is 0.491 e. The van der Waals surface area contributed by atoms with Crippen molar-refractivity contribution in [2.24, 2.45) is 0 Å². The van der Waals surface area contributed by atoms with Crippen LogP contribution in [-0.2, 0) is 13.1 Å². The molecule has 0 radical (unpaired) electrons. The summed E-state index contributed by atoms with van der Waals surface area (Å²) in [4.78, 5) is 0. The number of imidazole rings is 1. The van der Waals surface area contributed by atoms with E-state index in [4.69, 9.17) is 15.9 Å². The van der Waals surface area contributed by atoms with Crippen molar-refractivity contribution in [2.75, 3.05) is 12.3 Å². The monoisotopic (exact) mass is 388 g/mol. The molecule has 4 aromatic rings. The van der Waals surface area contributed by atoms with Crippen LogP contribution in [0, 0.1) is 5.41 Å². The Hall–Kier alpha value is -3.51. The number of fused-ring (bicyclic) bond motifs is 1. The maximum atomic E-state index is 10.5. The minimum Gasteiger partial charge on any atom is -0.491 e. The molecule has 0 aliphatic carbocycles. The normalized spacial score (nSPS) is 12.2. The van der Waals surface area contributed by atoms with Gasteiger partial charge in [-0.15, -0.1) is 0 Å². The van der Waals surface area contributed by atoms with Gasteiger partial charge < -0.3 is 24.7 Å². The number of aliphatic hydroxyl groups excluding tert-OH is 1. The summed E-state index contributed by atoms with van der Waals surface area (Å²) in [6.45, 7) is 0.998. The van der Waals surface area contributed by atoms with E-state index in [1.54, 1.807) is 0 Å². The van der Waals surface area contributed by atoms with Gasteiger partial charge in [0, 0.05) is 5.69 Å². The third-order valence-electron chi connectivity index (χ3n) is 4.87. The van der Waals surface area contributed by atoms with Crippen molar-refractivity contribution >= 4 is 16.7 Å². The average molecular weight is 388 g/mol. The first-order valence-electron chi connectivity index (χ1n) is 9.55. The number of anilines is 1. The topological polar surface area (TPSA) is 89.2 Å². The zero-order chi connectivity index (χ0) is 20.2. The van der Waals surface area contributed by atoms with Gasteiger partial charge in [0.25, 0.3) is 0 Å². The maximum absolute atomic E-state index is 10.5. The molecule has 0 aliphatic heterocycles. The molecule has 0 spiro atoms. The molecule has 3 aromatic carbocycles.